The molecule has 0 aromatic heterocycles. The summed E-state index contributed by atoms with van der Waals surface area (Å²) in [6.07, 6.45) is 14.5. The number of aldehydes is 1. The Hall–Kier alpha value is -1.82. The van der Waals surface area contributed by atoms with Crippen molar-refractivity contribution >= 4 is 41.0 Å². The number of hydrogen-bond acceptors (Lipinski definition) is 3. The van der Waals surface area contributed by atoms with E-state index in [0.717, 1.165) is 58.5 Å². The summed E-state index contributed by atoms with van der Waals surface area (Å²) in [6.45, 7) is 5.90. The molecule has 0 bridgehead atoms. The number of carbonyl (C=O) groups excluding carboxylic acids is 1. The Kier molecular flexibility index (Phi) is 12.4. The van der Waals surface area contributed by atoms with Gasteiger partial charge in [0.2, 0.25) is 0 Å². The van der Waals surface area contributed by atoms with Gasteiger partial charge in [-0.1, -0.05) is 88.8 Å². The molecular weight excluding hydrogens is 499 g/mol. The molecule has 2 rings (SSSR count). The second-order valence-electron chi connectivity index (χ2n) is 7.76. The molecular formula is C27H35IO3. The van der Waals surface area contributed by atoms with Crippen LogP contribution in [0, 0.1) is 3.57 Å². The van der Waals surface area contributed by atoms with Crippen molar-refractivity contribution in [3.05, 3.63) is 56.7 Å². The number of rotatable bonds is 15. The number of ether oxygens (including phenoxy) is 2. The minimum Gasteiger partial charge on any atom is -0.493 e. The molecule has 0 radical (unpaired) electrons. The first-order valence-electron chi connectivity index (χ1n) is 11.5. The second kappa shape index (κ2) is 15.1. The fourth-order valence-electron chi connectivity index (χ4n) is 3.21. The lowest BCUT2D eigenvalue weighted by Crippen LogP contribution is -2.02. The molecule has 0 aliphatic rings. The molecule has 0 atom stereocenters. The van der Waals surface area contributed by atoms with Crippen LogP contribution >= 0.6 is 22.6 Å². The van der Waals surface area contributed by atoms with Crippen LogP contribution in [0.1, 0.15) is 86.7 Å². The minimum absolute atomic E-state index is 0.682. The maximum absolute atomic E-state index is 10.9. The highest BCUT2D eigenvalue weighted by Crippen LogP contribution is 2.32. The summed E-state index contributed by atoms with van der Waals surface area (Å²) in [5, 5.41) is 0. The van der Waals surface area contributed by atoms with Gasteiger partial charge >= 0.3 is 0 Å². The first-order chi connectivity index (χ1) is 15.2. The Morgan fingerprint density at radius 2 is 1.32 bits per heavy atom. The van der Waals surface area contributed by atoms with E-state index in [0.29, 0.717) is 5.56 Å². The van der Waals surface area contributed by atoms with Crippen molar-refractivity contribution in [3.63, 3.8) is 0 Å². The van der Waals surface area contributed by atoms with Crippen LogP contribution in [0.3, 0.4) is 0 Å². The van der Waals surface area contributed by atoms with Gasteiger partial charge in [-0.05, 0) is 53.1 Å². The molecule has 0 fully saturated rings. The van der Waals surface area contributed by atoms with Crippen LogP contribution in [0.25, 0.3) is 12.2 Å². The topological polar surface area (TPSA) is 35.5 Å². The van der Waals surface area contributed by atoms with Crippen molar-refractivity contribution in [1.82, 2.24) is 0 Å². The smallest absolute Gasteiger partial charge is 0.150 e. The Balaban J connectivity index is 2.14. The van der Waals surface area contributed by atoms with E-state index in [2.05, 4.69) is 54.6 Å². The predicted molar refractivity (Wildman–Crippen MR) is 139 cm³/mol. The fourth-order valence-corrected chi connectivity index (χ4v) is 3.80. The highest BCUT2D eigenvalue weighted by molar-refractivity contribution is 14.1. The standard InChI is InChI=1S/C27H35IO3/c1-3-5-7-9-17-30-26-20-25(28)27(31-18-10-8-6-4-2)19-24(26)16-15-22-11-13-23(21-29)14-12-22/h11-16,19-21H,3-10,17-18H2,1-2H3/b16-15+. The number of halogens is 1. The highest BCUT2D eigenvalue weighted by atomic mass is 127. The third-order valence-corrected chi connectivity index (χ3v) is 5.95. The molecule has 0 unspecified atom stereocenters. The Morgan fingerprint density at radius 3 is 1.90 bits per heavy atom. The van der Waals surface area contributed by atoms with E-state index in [1.54, 1.807) is 0 Å². The van der Waals surface area contributed by atoms with Crippen molar-refractivity contribution in [3.8, 4) is 11.5 Å². The maximum atomic E-state index is 10.9. The molecule has 0 N–H and O–H groups in total. The second-order valence-corrected chi connectivity index (χ2v) is 8.92. The van der Waals surface area contributed by atoms with E-state index in [9.17, 15) is 4.79 Å². The average Bonchev–Trinajstić information content (AvgIpc) is 2.79. The van der Waals surface area contributed by atoms with E-state index in [1.807, 2.05) is 30.3 Å². The van der Waals surface area contributed by atoms with Gasteiger partial charge in [-0.2, -0.15) is 0 Å². The van der Waals surface area contributed by atoms with Crippen LogP contribution in [0.15, 0.2) is 36.4 Å². The van der Waals surface area contributed by atoms with E-state index in [4.69, 9.17) is 9.47 Å². The van der Waals surface area contributed by atoms with Crippen LogP contribution < -0.4 is 9.47 Å². The van der Waals surface area contributed by atoms with Gasteiger partial charge in [0.15, 0.2) is 0 Å². The lowest BCUT2D eigenvalue weighted by molar-refractivity contribution is 0.112. The third-order valence-electron chi connectivity index (χ3n) is 5.10. The molecule has 0 spiro atoms. The number of benzene rings is 2. The summed E-state index contributed by atoms with van der Waals surface area (Å²) in [5.74, 6) is 1.80. The first-order valence-corrected chi connectivity index (χ1v) is 12.6. The van der Waals surface area contributed by atoms with E-state index in [1.165, 1.54) is 38.5 Å². The van der Waals surface area contributed by atoms with Crippen molar-refractivity contribution in [1.29, 1.82) is 0 Å². The van der Waals surface area contributed by atoms with Crippen LogP contribution in [0.2, 0.25) is 0 Å². The minimum atomic E-state index is 0.682. The van der Waals surface area contributed by atoms with Crippen LogP contribution in [-0.4, -0.2) is 19.5 Å². The van der Waals surface area contributed by atoms with Crippen LogP contribution in [0.4, 0.5) is 0 Å². The molecule has 0 amide bonds. The van der Waals surface area contributed by atoms with Gasteiger partial charge in [-0.15, -0.1) is 0 Å². The van der Waals surface area contributed by atoms with Crippen molar-refractivity contribution in [2.75, 3.05) is 13.2 Å². The predicted octanol–water partition coefficient (Wildman–Crippen LogP) is 8.19. The van der Waals surface area contributed by atoms with E-state index in [-0.39, 0.29) is 0 Å². The molecule has 31 heavy (non-hydrogen) atoms. The SMILES string of the molecule is CCCCCCOc1cc(/C=C/c2ccc(C=O)cc2)c(OCCCCCC)cc1I. The molecule has 2 aromatic rings. The molecule has 0 aliphatic heterocycles. The fraction of sp³-hybridized carbons (Fsp3) is 0.444. The lowest BCUT2D eigenvalue weighted by Gasteiger charge is -2.14. The van der Waals surface area contributed by atoms with Gasteiger partial charge in [0.05, 0.1) is 16.8 Å². The van der Waals surface area contributed by atoms with E-state index >= 15 is 0 Å². The van der Waals surface area contributed by atoms with Crippen LogP contribution in [-0.2, 0) is 0 Å². The normalized spacial score (nSPS) is 11.1. The maximum Gasteiger partial charge on any atom is 0.150 e. The Labute approximate surface area is 201 Å². The molecule has 0 heterocycles. The number of hydrogen-bond donors (Lipinski definition) is 0. The molecule has 0 saturated heterocycles. The Morgan fingerprint density at radius 1 is 0.742 bits per heavy atom. The average molecular weight is 534 g/mol. The van der Waals surface area contributed by atoms with Crippen LogP contribution in [0.5, 0.6) is 11.5 Å². The summed E-state index contributed by atoms with van der Waals surface area (Å²) in [6, 6.07) is 11.7. The van der Waals surface area contributed by atoms with Gasteiger partial charge in [0.25, 0.3) is 0 Å². The summed E-state index contributed by atoms with van der Waals surface area (Å²) in [7, 11) is 0. The highest BCUT2D eigenvalue weighted by Gasteiger charge is 2.10. The molecule has 4 heteroatoms. The van der Waals surface area contributed by atoms with Crippen molar-refractivity contribution in [2.45, 2.75) is 65.2 Å². The summed E-state index contributed by atoms with van der Waals surface area (Å²) in [5.41, 5.74) is 2.74. The number of carbonyl (C=O) groups is 1. The summed E-state index contributed by atoms with van der Waals surface area (Å²) >= 11 is 2.33. The monoisotopic (exact) mass is 534 g/mol. The van der Waals surface area contributed by atoms with Gasteiger partial charge in [-0.3, -0.25) is 4.79 Å². The van der Waals surface area contributed by atoms with Gasteiger partial charge in [0.1, 0.15) is 17.8 Å². The molecule has 0 saturated carbocycles. The van der Waals surface area contributed by atoms with Gasteiger partial charge < -0.3 is 9.47 Å². The summed E-state index contributed by atoms with van der Waals surface area (Å²) in [4.78, 5) is 10.9. The van der Waals surface area contributed by atoms with Crippen molar-refractivity contribution in [2.24, 2.45) is 0 Å². The van der Waals surface area contributed by atoms with E-state index < -0.39 is 0 Å². The first kappa shape index (κ1) is 25.4. The largest absolute Gasteiger partial charge is 0.493 e. The zero-order valence-corrected chi connectivity index (χ0v) is 21.0. The van der Waals surface area contributed by atoms with Gasteiger partial charge in [0, 0.05) is 11.1 Å². The zero-order chi connectivity index (χ0) is 22.3. The Bertz CT molecular complexity index is 812. The molecule has 168 valence electrons. The quantitative estimate of drug-likeness (QED) is 0.100. The van der Waals surface area contributed by atoms with Crippen molar-refractivity contribution < 1.29 is 14.3 Å². The molecule has 0 aliphatic carbocycles. The van der Waals surface area contributed by atoms with Gasteiger partial charge in [-0.25, -0.2) is 0 Å². The third kappa shape index (κ3) is 9.46. The summed E-state index contributed by atoms with van der Waals surface area (Å²) < 4.78 is 13.3. The molecule has 3 nitrogen and oxygen atoms in total. The molecule has 2 aromatic carbocycles. The zero-order valence-electron chi connectivity index (χ0n) is 18.9. The number of unbranched alkanes of at least 4 members (excludes halogenated alkanes) is 6. The lowest BCUT2D eigenvalue weighted by atomic mass is 10.1.